The molecule has 148 valence electrons. The van der Waals surface area contributed by atoms with Crippen LogP contribution in [0.3, 0.4) is 0 Å². The Labute approximate surface area is 161 Å². The van der Waals surface area contributed by atoms with E-state index in [0.717, 1.165) is 57.6 Å². The van der Waals surface area contributed by atoms with Gasteiger partial charge in [0.15, 0.2) is 0 Å². The molecule has 0 unspecified atom stereocenters. The van der Waals surface area contributed by atoms with Crippen molar-refractivity contribution in [3.8, 4) is 5.75 Å². The largest absolute Gasteiger partial charge is 0.496 e. The number of para-hydroxylation sites is 1. The molecule has 6 heteroatoms. The minimum Gasteiger partial charge on any atom is -0.496 e. The third kappa shape index (κ3) is 4.93. The average molecular weight is 373 g/mol. The van der Waals surface area contributed by atoms with Crippen LogP contribution in [0.2, 0.25) is 0 Å². The molecule has 1 aromatic carbocycles. The quantitative estimate of drug-likeness (QED) is 0.883. The second-order valence-corrected chi connectivity index (χ2v) is 7.66. The van der Waals surface area contributed by atoms with E-state index < -0.39 is 0 Å². The molecule has 2 fully saturated rings. The Bertz CT molecular complexity index is 656. The zero-order valence-corrected chi connectivity index (χ0v) is 16.4. The van der Waals surface area contributed by atoms with E-state index >= 15 is 0 Å². The molecule has 27 heavy (non-hydrogen) atoms. The maximum Gasteiger partial charge on any atom is 0.317 e. The fourth-order valence-electron chi connectivity index (χ4n) is 4.26. The summed E-state index contributed by atoms with van der Waals surface area (Å²) in [5.41, 5.74) is 1.24. The highest BCUT2D eigenvalue weighted by Crippen LogP contribution is 2.33. The van der Waals surface area contributed by atoms with Crippen LogP contribution in [-0.2, 0) is 4.79 Å². The first-order valence-electron chi connectivity index (χ1n) is 9.99. The zero-order chi connectivity index (χ0) is 19.2. The highest BCUT2D eigenvalue weighted by Gasteiger charge is 2.27. The maximum atomic E-state index is 12.5. The number of rotatable bonds is 4. The smallest absolute Gasteiger partial charge is 0.317 e. The van der Waals surface area contributed by atoms with Crippen LogP contribution in [0.1, 0.15) is 44.1 Å². The Kier molecular flexibility index (Phi) is 6.58. The van der Waals surface area contributed by atoms with Gasteiger partial charge in [0.25, 0.3) is 0 Å². The number of methoxy groups -OCH3 is 1. The first-order valence-corrected chi connectivity index (χ1v) is 9.99. The van der Waals surface area contributed by atoms with E-state index in [1.165, 1.54) is 5.56 Å². The zero-order valence-electron chi connectivity index (χ0n) is 16.4. The molecule has 0 aliphatic carbocycles. The lowest BCUT2D eigenvalue weighted by Crippen LogP contribution is -2.48. The van der Waals surface area contributed by atoms with Gasteiger partial charge in [-0.05, 0) is 49.1 Å². The molecule has 1 N–H and O–H groups in total. The van der Waals surface area contributed by atoms with Crippen LogP contribution in [0.15, 0.2) is 24.3 Å². The van der Waals surface area contributed by atoms with Gasteiger partial charge in [-0.1, -0.05) is 18.2 Å². The Morgan fingerprint density at radius 2 is 1.85 bits per heavy atom. The van der Waals surface area contributed by atoms with E-state index in [4.69, 9.17) is 4.74 Å². The van der Waals surface area contributed by atoms with Gasteiger partial charge < -0.3 is 19.9 Å². The molecule has 0 saturated carbocycles. The molecule has 0 radical (unpaired) electrons. The van der Waals surface area contributed by atoms with Crippen molar-refractivity contribution in [2.75, 3.05) is 39.8 Å². The minimum absolute atomic E-state index is 0.0217. The van der Waals surface area contributed by atoms with Crippen LogP contribution in [0.5, 0.6) is 5.75 Å². The first-order chi connectivity index (χ1) is 13.1. The summed E-state index contributed by atoms with van der Waals surface area (Å²) in [5.74, 6) is 1.86. The maximum absolute atomic E-state index is 12.5. The van der Waals surface area contributed by atoms with Crippen molar-refractivity contribution in [2.24, 2.45) is 5.92 Å². The van der Waals surface area contributed by atoms with Crippen molar-refractivity contribution in [3.63, 3.8) is 0 Å². The number of carbonyl (C=O) groups is 2. The Morgan fingerprint density at radius 1 is 1.11 bits per heavy atom. The summed E-state index contributed by atoms with van der Waals surface area (Å²) < 4.78 is 5.48. The van der Waals surface area contributed by atoms with Gasteiger partial charge in [-0.15, -0.1) is 0 Å². The van der Waals surface area contributed by atoms with E-state index in [1.807, 2.05) is 28.0 Å². The minimum atomic E-state index is 0.0217. The number of carbonyl (C=O) groups excluding carboxylic acids is 2. The van der Waals surface area contributed by atoms with Gasteiger partial charge in [0, 0.05) is 39.6 Å². The highest BCUT2D eigenvalue weighted by molar-refractivity contribution is 5.74. The number of urea groups is 1. The van der Waals surface area contributed by atoms with Gasteiger partial charge in [-0.3, -0.25) is 4.79 Å². The summed E-state index contributed by atoms with van der Waals surface area (Å²) in [5, 5.41) is 3.08. The van der Waals surface area contributed by atoms with Gasteiger partial charge in [0.1, 0.15) is 5.75 Å². The van der Waals surface area contributed by atoms with Crippen LogP contribution in [0, 0.1) is 5.92 Å². The molecule has 6 nitrogen and oxygen atoms in total. The lowest BCUT2D eigenvalue weighted by Gasteiger charge is -2.35. The van der Waals surface area contributed by atoms with Crippen molar-refractivity contribution in [2.45, 2.75) is 38.5 Å². The third-order valence-electron chi connectivity index (χ3n) is 5.87. The fourth-order valence-corrected chi connectivity index (χ4v) is 4.26. The molecule has 2 saturated heterocycles. The summed E-state index contributed by atoms with van der Waals surface area (Å²) in [6.45, 7) is 5.39. The third-order valence-corrected chi connectivity index (χ3v) is 5.87. The molecular formula is C21H31N3O3. The van der Waals surface area contributed by atoms with Crippen LogP contribution >= 0.6 is 0 Å². The number of hydrogen-bond acceptors (Lipinski definition) is 3. The van der Waals surface area contributed by atoms with Gasteiger partial charge in [-0.2, -0.15) is 0 Å². The Morgan fingerprint density at radius 3 is 2.56 bits per heavy atom. The van der Waals surface area contributed by atoms with Crippen molar-refractivity contribution in [1.82, 2.24) is 15.1 Å². The van der Waals surface area contributed by atoms with E-state index in [9.17, 15) is 9.59 Å². The molecule has 3 rings (SSSR count). The summed E-state index contributed by atoms with van der Waals surface area (Å²) in [4.78, 5) is 27.9. The summed E-state index contributed by atoms with van der Waals surface area (Å²) >= 11 is 0. The van der Waals surface area contributed by atoms with Crippen molar-refractivity contribution in [3.05, 3.63) is 29.8 Å². The number of ether oxygens (including phenoxy) is 1. The number of nitrogens with zero attached hydrogens (tertiary/aromatic N) is 2. The summed E-state index contributed by atoms with van der Waals surface area (Å²) in [7, 11) is 1.71. The topological polar surface area (TPSA) is 61.9 Å². The van der Waals surface area contributed by atoms with E-state index in [1.54, 1.807) is 14.0 Å². The molecule has 2 aliphatic heterocycles. The molecule has 0 bridgehead atoms. The highest BCUT2D eigenvalue weighted by atomic mass is 16.5. The van der Waals surface area contributed by atoms with Crippen LogP contribution < -0.4 is 10.1 Å². The monoisotopic (exact) mass is 373 g/mol. The molecule has 3 amide bonds. The van der Waals surface area contributed by atoms with Gasteiger partial charge in [-0.25, -0.2) is 4.79 Å². The number of benzene rings is 1. The first kappa shape index (κ1) is 19.5. The van der Waals surface area contributed by atoms with Gasteiger partial charge >= 0.3 is 6.03 Å². The van der Waals surface area contributed by atoms with Crippen molar-refractivity contribution in [1.29, 1.82) is 0 Å². The number of piperidine rings is 2. The number of hydrogen-bond donors (Lipinski definition) is 1. The van der Waals surface area contributed by atoms with Gasteiger partial charge in [0.05, 0.1) is 7.11 Å². The van der Waals surface area contributed by atoms with Crippen molar-refractivity contribution < 1.29 is 14.3 Å². The van der Waals surface area contributed by atoms with E-state index in [-0.39, 0.29) is 11.9 Å². The lowest BCUT2D eigenvalue weighted by atomic mass is 9.89. The predicted molar refractivity (Wildman–Crippen MR) is 105 cm³/mol. The van der Waals surface area contributed by atoms with Crippen LogP contribution in [0.25, 0.3) is 0 Å². The van der Waals surface area contributed by atoms with Crippen LogP contribution in [0.4, 0.5) is 4.79 Å². The standard InChI is InChI=1S/C21H31N3O3/c1-16(25)24-11-5-6-17(15-24)14-22-21(26)23-12-9-18(10-13-23)19-7-3-4-8-20(19)27-2/h3-4,7-8,17-18H,5-6,9-15H2,1-2H3,(H,22,26)/t17-/m0/s1. The molecule has 1 aromatic rings. The molecule has 0 aromatic heterocycles. The second-order valence-electron chi connectivity index (χ2n) is 7.66. The van der Waals surface area contributed by atoms with Crippen LogP contribution in [-0.4, -0.2) is 61.6 Å². The summed E-state index contributed by atoms with van der Waals surface area (Å²) in [6, 6.07) is 8.19. The SMILES string of the molecule is COc1ccccc1C1CCN(C(=O)NC[C@@H]2CCCN(C(C)=O)C2)CC1. The Balaban J connectivity index is 1.45. The van der Waals surface area contributed by atoms with E-state index in [0.29, 0.717) is 18.4 Å². The number of amides is 3. The number of nitrogens with one attached hydrogen (secondary N) is 1. The van der Waals surface area contributed by atoms with E-state index in [2.05, 4.69) is 11.4 Å². The normalized spacial score (nSPS) is 21.0. The van der Waals surface area contributed by atoms with Gasteiger partial charge in [0.2, 0.25) is 5.91 Å². The molecule has 2 heterocycles. The summed E-state index contributed by atoms with van der Waals surface area (Å²) in [6.07, 6.45) is 4.00. The molecule has 2 aliphatic rings. The second kappa shape index (κ2) is 9.11. The predicted octanol–water partition coefficient (Wildman–Crippen LogP) is 2.84. The molecular weight excluding hydrogens is 342 g/mol. The Hall–Kier alpha value is -2.24. The lowest BCUT2D eigenvalue weighted by molar-refractivity contribution is -0.130. The molecule has 1 atom stereocenters. The fraction of sp³-hybridized carbons (Fsp3) is 0.619. The molecule has 0 spiro atoms. The van der Waals surface area contributed by atoms with Crippen molar-refractivity contribution >= 4 is 11.9 Å². The number of likely N-dealkylation sites (tertiary alicyclic amines) is 2. The average Bonchev–Trinajstić information content (AvgIpc) is 2.72.